The van der Waals surface area contributed by atoms with Gasteiger partial charge in [0.1, 0.15) is 0 Å². The average molecular weight is 903 g/mol. The Hall–Kier alpha value is -9.24. The molecule has 332 valence electrons. The Morgan fingerprint density at radius 2 is 0.845 bits per heavy atom. The number of hydrogen-bond acceptors (Lipinski definition) is 1. The fraction of sp³-hybridized carbons (Fsp3) is 0.0145. The van der Waals surface area contributed by atoms with Gasteiger partial charge in [0.25, 0.3) is 0 Å². The molecule has 1 aromatic heterocycles. The lowest BCUT2D eigenvalue weighted by Gasteiger charge is -2.35. The van der Waals surface area contributed by atoms with Gasteiger partial charge in [0, 0.05) is 38.9 Å². The summed E-state index contributed by atoms with van der Waals surface area (Å²) in [5.41, 5.74) is 18.5. The maximum Gasteiger partial charge on any atom is 0.0714 e. The van der Waals surface area contributed by atoms with Crippen LogP contribution in [0, 0.1) is 0 Å². The second-order valence-corrected chi connectivity index (χ2v) is 18.8. The molecule has 0 atom stereocenters. The molecular weight excluding hydrogens is 857 g/mol. The smallest absolute Gasteiger partial charge is 0.0714 e. The molecular formula is C69H46N2. The fourth-order valence-corrected chi connectivity index (χ4v) is 11.8. The van der Waals surface area contributed by atoms with Crippen molar-refractivity contribution >= 4 is 60.4 Å². The molecule has 0 amide bonds. The zero-order valence-electron chi connectivity index (χ0n) is 39.0. The highest BCUT2D eigenvalue weighted by molar-refractivity contribution is 6.19. The summed E-state index contributed by atoms with van der Waals surface area (Å²) in [7, 11) is 0. The van der Waals surface area contributed by atoms with E-state index in [1.807, 2.05) is 0 Å². The Labute approximate surface area is 413 Å². The Morgan fingerprint density at radius 3 is 1.63 bits per heavy atom. The topological polar surface area (TPSA) is 8.17 Å². The molecule has 0 aliphatic heterocycles. The van der Waals surface area contributed by atoms with Crippen LogP contribution in [0.15, 0.2) is 279 Å². The standard InChI is InChI=1S/C69H46N2/c1-4-17-47(18-5-1)49-33-36-56(37-34-49)71-67-46-59(39-42-63(67)64-40-35-50-20-12-13-28-60(50)68(64)71)70(57-27-16-22-52(44-57)53-32-31-48-19-10-11-21-51(48)43-53)58-38-41-62-61-29-14-15-30-65(61)69(66(62)45-58,54-23-6-2-7-24-54)55-25-8-3-9-26-55/h1-46H. The molecule has 2 nitrogen and oxygen atoms in total. The van der Waals surface area contributed by atoms with Crippen molar-refractivity contribution in [2.75, 3.05) is 4.90 Å². The first-order chi connectivity index (χ1) is 35.2. The SMILES string of the molecule is c1ccc(-c2ccc(-n3c4cc(N(c5cccc(-c6ccc7ccccc7c6)c5)c5ccc6c(c5)C(c5ccccc5)(c5ccccc5)c5ccccc5-6)ccc4c4ccc5ccccc5c43)cc2)cc1. The average Bonchev–Trinajstić information content (AvgIpc) is 3.94. The van der Waals surface area contributed by atoms with Crippen LogP contribution >= 0.6 is 0 Å². The van der Waals surface area contributed by atoms with E-state index >= 15 is 0 Å². The Balaban J connectivity index is 1.03. The summed E-state index contributed by atoms with van der Waals surface area (Å²) in [4.78, 5) is 2.48. The highest BCUT2D eigenvalue weighted by Gasteiger charge is 2.46. The van der Waals surface area contributed by atoms with E-state index < -0.39 is 5.41 Å². The molecule has 0 saturated carbocycles. The van der Waals surface area contributed by atoms with Crippen molar-refractivity contribution in [3.8, 4) is 39.1 Å². The summed E-state index contributed by atoms with van der Waals surface area (Å²) >= 11 is 0. The van der Waals surface area contributed by atoms with Crippen LogP contribution in [0.25, 0.3) is 82.4 Å². The van der Waals surface area contributed by atoms with E-state index in [1.54, 1.807) is 0 Å². The maximum absolute atomic E-state index is 2.49. The minimum absolute atomic E-state index is 0.549. The van der Waals surface area contributed by atoms with Gasteiger partial charge in [0.05, 0.1) is 16.4 Å². The predicted octanol–water partition coefficient (Wildman–Crippen LogP) is 18.3. The molecule has 1 heterocycles. The van der Waals surface area contributed by atoms with Crippen LogP contribution in [0.5, 0.6) is 0 Å². The van der Waals surface area contributed by atoms with Crippen LogP contribution in [0.3, 0.4) is 0 Å². The maximum atomic E-state index is 2.49. The number of hydrogen-bond donors (Lipinski definition) is 0. The Kier molecular flexibility index (Phi) is 9.47. The van der Waals surface area contributed by atoms with Gasteiger partial charge in [0.15, 0.2) is 0 Å². The van der Waals surface area contributed by atoms with Crippen molar-refractivity contribution in [2.24, 2.45) is 0 Å². The number of anilines is 3. The zero-order chi connectivity index (χ0) is 46.9. The summed E-state index contributed by atoms with van der Waals surface area (Å²) in [5, 5.41) is 7.35. The quantitative estimate of drug-likeness (QED) is 0.147. The minimum atomic E-state index is -0.549. The molecule has 0 radical (unpaired) electrons. The first kappa shape index (κ1) is 40.8. The molecule has 0 unspecified atom stereocenters. The van der Waals surface area contributed by atoms with Crippen molar-refractivity contribution in [2.45, 2.75) is 5.41 Å². The van der Waals surface area contributed by atoms with Crippen LogP contribution in [0.2, 0.25) is 0 Å². The highest BCUT2D eigenvalue weighted by Crippen LogP contribution is 2.57. The third-order valence-electron chi connectivity index (χ3n) is 15.0. The monoisotopic (exact) mass is 902 g/mol. The Morgan fingerprint density at radius 1 is 0.296 bits per heavy atom. The molecule has 13 aromatic rings. The summed E-state index contributed by atoms with van der Waals surface area (Å²) in [5.74, 6) is 0. The molecule has 0 fully saturated rings. The van der Waals surface area contributed by atoms with Crippen molar-refractivity contribution in [1.82, 2.24) is 4.57 Å². The first-order valence-electron chi connectivity index (χ1n) is 24.6. The van der Waals surface area contributed by atoms with Gasteiger partial charge in [0.2, 0.25) is 0 Å². The van der Waals surface area contributed by atoms with E-state index in [0.717, 1.165) is 33.8 Å². The molecule has 71 heavy (non-hydrogen) atoms. The largest absolute Gasteiger partial charge is 0.310 e. The molecule has 1 aliphatic rings. The summed E-state index contributed by atoms with van der Waals surface area (Å²) in [6.45, 7) is 0. The third-order valence-corrected chi connectivity index (χ3v) is 15.0. The molecule has 14 rings (SSSR count). The van der Waals surface area contributed by atoms with Gasteiger partial charge in [-0.25, -0.2) is 0 Å². The van der Waals surface area contributed by atoms with Crippen LogP contribution in [0.1, 0.15) is 22.3 Å². The first-order valence-corrected chi connectivity index (χ1v) is 24.6. The van der Waals surface area contributed by atoms with Crippen LogP contribution < -0.4 is 4.90 Å². The van der Waals surface area contributed by atoms with Gasteiger partial charge in [-0.2, -0.15) is 0 Å². The molecule has 12 aromatic carbocycles. The van der Waals surface area contributed by atoms with E-state index in [9.17, 15) is 0 Å². The molecule has 0 spiro atoms. The van der Waals surface area contributed by atoms with E-state index in [1.165, 1.54) is 87.9 Å². The van der Waals surface area contributed by atoms with Crippen molar-refractivity contribution in [3.05, 3.63) is 301 Å². The minimum Gasteiger partial charge on any atom is -0.310 e. The molecule has 0 saturated heterocycles. The normalized spacial score (nSPS) is 12.6. The van der Waals surface area contributed by atoms with Gasteiger partial charge in [-0.1, -0.05) is 224 Å². The lowest BCUT2D eigenvalue weighted by Crippen LogP contribution is -2.28. The zero-order valence-corrected chi connectivity index (χ0v) is 39.0. The summed E-state index contributed by atoms with van der Waals surface area (Å²) in [6, 6.07) is 103. The second kappa shape index (κ2) is 16.5. The lowest BCUT2D eigenvalue weighted by molar-refractivity contribution is 0.768. The van der Waals surface area contributed by atoms with Gasteiger partial charge in [-0.3, -0.25) is 0 Å². The van der Waals surface area contributed by atoms with E-state index in [-0.39, 0.29) is 0 Å². The number of rotatable bonds is 8. The van der Waals surface area contributed by atoms with E-state index in [2.05, 4.69) is 289 Å². The van der Waals surface area contributed by atoms with Gasteiger partial charge in [-0.15, -0.1) is 0 Å². The van der Waals surface area contributed by atoms with Gasteiger partial charge in [-0.05, 0) is 126 Å². The second-order valence-electron chi connectivity index (χ2n) is 18.8. The number of nitrogens with zero attached hydrogens (tertiary/aromatic N) is 2. The lowest BCUT2D eigenvalue weighted by atomic mass is 9.67. The van der Waals surface area contributed by atoms with Gasteiger partial charge >= 0.3 is 0 Å². The van der Waals surface area contributed by atoms with Crippen molar-refractivity contribution in [1.29, 1.82) is 0 Å². The van der Waals surface area contributed by atoms with Crippen molar-refractivity contribution < 1.29 is 0 Å². The van der Waals surface area contributed by atoms with Crippen molar-refractivity contribution in [3.63, 3.8) is 0 Å². The number of benzene rings is 12. The third kappa shape index (κ3) is 6.49. The number of aromatic nitrogens is 1. The summed E-state index contributed by atoms with van der Waals surface area (Å²) < 4.78 is 2.49. The molecule has 1 aliphatic carbocycles. The summed E-state index contributed by atoms with van der Waals surface area (Å²) in [6.07, 6.45) is 0. The molecule has 0 bridgehead atoms. The highest BCUT2D eigenvalue weighted by atomic mass is 15.1. The van der Waals surface area contributed by atoms with Crippen LogP contribution in [-0.2, 0) is 5.41 Å². The molecule has 0 N–H and O–H groups in total. The fourth-order valence-electron chi connectivity index (χ4n) is 11.8. The molecule has 2 heteroatoms. The number of fused-ring (bicyclic) bond motifs is 9. The van der Waals surface area contributed by atoms with E-state index in [4.69, 9.17) is 0 Å². The van der Waals surface area contributed by atoms with E-state index in [0.29, 0.717) is 0 Å². The van der Waals surface area contributed by atoms with Crippen LogP contribution in [0.4, 0.5) is 17.1 Å². The van der Waals surface area contributed by atoms with Gasteiger partial charge < -0.3 is 9.47 Å². The predicted molar refractivity (Wildman–Crippen MR) is 299 cm³/mol. The van der Waals surface area contributed by atoms with Crippen LogP contribution in [-0.4, -0.2) is 4.57 Å². The Bertz CT molecular complexity index is 4110.